The molecule has 0 aromatic heterocycles. The molecule has 0 aliphatic heterocycles. The second kappa shape index (κ2) is 51.1. The highest BCUT2D eigenvalue weighted by Gasteiger charge is 2.33. The molecule has 0 fully saturated rings. The molecule has 0 saturated heterocycles. The third kappa shape index (κ3) is 43.7. The lowest BCUT2D eigenvalue weighted by atomic mass is 10.0. The van der Waals surface area contributed by atoms with Crippen molar-refractivity contribution >= 4 is 15.6 Å². The van der Waals surface area contributed by atoms with Gasteiger partial charge in [0, 0.05) is 0 Å². The molecule has 0 heterocycles. The molecule has 10 heteroatoms. The number of rotatable bonds is 54. The maximum absolute atomic E-state index is 13.5. The molecular weight excluding hydrogens is 1020 g/mol. The summed E-state index contributed by atoms with van der Waals surface area (Å²) < 4.78 is 61.4. The number of phosphoric ester groups is 2. The number of unbranched alkanes of at least 4 members (excludes halogenated alkanes) is 39. The summed E-state index contributed by atoms with van der Waals surface area (Å²) in [5.74, 6) is 1.24. The van der Waals surface area contributed by atoms with Crippen LogP contribution >= 0.6 is 15.6 Å². The normalized spacial score (nSPS) is 11.7. The average Bonchev–Trinajstić information content (AvgIpc) is 3.45. The lowest BCUT2D eigenvalue weighted by Crippen LogP contribution is -2.07. The Balaban J connectivity index is 0.000000674. The Bertz CT molecular complexity index is 1660. The smallest absolute Gasteiger partial charge is 0.386 e. The van der Waals surface area contributed by atoms with Crippen molar-refractivity contribution in [2.45, 2.75) is 311 Å². The first-order valence-corrected chi connectivity index (χ1v) is 35.9. The Morgan fingerprint density at radius 2 is 0.405 bits per heavy atom. The molecule has 79 heavy (non-hydrogen) atoms. The summed E-state index contributed by atoms with van der Waals surface area (Å²) in [6.45, 7) is 14.2. The van der Waals surface area contributed by atoms with E-state index < -0.39 is 15.6 Å². The van der Waals surface area contributed by atoms with Crippen molar-refractivity contribution in [2.75, 3.05) is 19.8 Å². The van der Waals surface area contributed by atoms with E-state index in [-0.39, 0.29) is 0 Å². The Labute approximate surface area is 487 Å². The molecular formula is C69H120O8P2. The van der Waals surface area contributed by atoms with E-state index in [0.29, 0.717) is 37.1 Å². The minimum Gasteiger partial charge on any atom is -0.386 e. The van der Waals surface area contributed by atoms with Crippen molar-refractivity contribution in [3.8, 4) is 17.2 Å². The van der Waals surface area contributed by atoms with Crippen molar-refractivity contribution in [2.24, 2.45) is 0 Å². The predicted octanol–water partition coefficient (Wildman–Crippen LogP) is 24.8. The zero-order valence-electron chi connectivity index (χ0n) is 51.9. The van der Waals surface area contributed by atoms with Gasteiger partial charge in [-0.15, -0.1) is 0 Å². The van der Waals surface area contributed by atoms with E-state index in [4.69, 9.17) is 27.1 Å². The molecule has 0 amide bonds. The van der Waals surface area contributed by atoms with Crippen LogP contribution < -0.4 is 13.6 Å². The fraction of sp³-hybridized carbons (Fsp3) is 0.739. The average molecular weight is 1140 g/mol. The SMILES string of the molecule is CCCCCCCCCCCCCCCCOP(=O)(OCCCCCCCCCCCCCCCC)OCCCCCCCCCCCCCCCC.Cc1ccc(OP(=O)(Oc2ccc(C)cc2)Oc2ccc(C)cc2)cc1. The van der Waals surface area contributed by atoms with E-state index in [1.807, 2.05) is 57.2 Å². The number of benzene rings is 3. The number of hydrogen-bond donors (Lipinski definition) is 0. The number of phosphoric acid groups is 2. The van der Waals surface area contributed by atoms with Gasteiger partial charge in [-0.25, -0.2) is 4.57 Å². The largest absolute Gasteiger partial charge is 0.647 e. The minimum atomic E-state index is -3.93. The summed E-state index contributed by atoms with van der Waals surface area (Å²) in [6, 6.07) is 21.6. The molecule has 3 aromatic carbocycles. The molecule has 0 aliphatic rings. The van der Waals surface area contributed by atoms with E-state index >= 15 is 0 Å². The van der Waals surface area contributed by atoms with Crippen molar-refractivity contribution in [1.82, 2.24) is 0 Å². The summed E-state index contributed by atoms with van der Waals surface area (Å²) in [7, 11) is -7.41. The Hall–Kier alpha value is -2.60. The molecule has 3 aromatic rings. The van der Waals surface area contributed by atoms with Gasteiger partial charge in [-0.1, -0.05) is 324 Å². The van der Waals surface area contributed by atoms with Crippen LogP contribution in [0.4, 0.5) is 0 Å². The molecule has 0 bridgehead atoms. The molecule has 0 spiro atoms. The maximum atomic E-state index is 13.5. The lowest BCUT2D eigenvalue weighted by Gasteiger charge is -2.19. The van der Waals surface area contributed by atoms with E-state index in [1.54, 1.807) is 36.4 Å². The fourth-order valence-electron chi connectivity index (χ4n) is 9.77. The molecule has 8 nitrogen and oxygen atoms in total. The zero-order valence-corrected chi connectivity index (χ0v) is 53.7. The fourth-order valence-corrected chi connectivity index (χ4v) is 12.3. The quantitative estimate of drug-likeness (QED) is 0.0408. The summed E-state index contributed by atoms with van der Waals surface area (Å²) in [5, 5.41) is 0. The van der Waals surface area contributed by atoms with E-state index in [2.05, 4.69) is 20.8 Å². The summed E-state index contributed by atoms with van der Waals surface area (Å²) in [5.41, 5.74) is 3.23. The van der Waals surface area contributed by atoms with Crippen LogP contribution in [0.25, 0.3) is 0 Å². The van der Waals surface area contributed by atoms with Crippen molar-refractivity contribution in [3.63, 3.8) is 0 Å². The second-order valence-electron chi connectivity index (χ2n) is 22.9. The van der Waals surface area contributed by atoms with Gasteiger partial charge in [-0.3, -0.25) is 13.6 Å². The summed E-state index contributed by atoms with van der Waals surface area (Å²) in [6.07, 6.45) is 55.8. The summed E-state index contributed by atoms with van der Waals surface area (Å²) >= 11 is 0. The van der Waals surface area contributed by atoms with Gasteiger partial charge in [-0.2, -0.15) is 4.57 Å². The van der Waals surface area contributed by atoms with Gasteiger partial charge in [0.25, 0.3) is 0 Å². The first-order valence-electron chi connectivity index (χ1n) is 33.0. The van der Waals surface area contributed by atoms with Crippen LogP contribution in [0.5, 0.6) is 17.2 Å². The standard InChI is InChI=1S/C48H99O4P.C21H21O4P/c1-4-7-10-13-16-19-22-25-28-31-34-37-40-43-46-50-53(49,51-47-44-41-38-35-32-29-26-23-20-17-14-11-8-5-2)52-48-45-42-39-36-33-30-27-24-21-18-15-12-9-6-3;1-16-4-10-19(11-5-16)23-26(22,24-20-12-6-17(2)7-13-20)25-21-14-8-18(3)9-15-21/h4-48H2,1-3H3;4-15H,1-3H3. The van der Waals surface area contributed by atoms with E-state index in [1.165, 1.54) is 231 Å². The van der Waals surface area contributed by atoms with Crippen molar-refractivity contribution in [3.05, 3.63) is 89.5 Å². The van der Waals surface area contributed by atoms with Gasteiger partial charge in [0.1, 0.15) is 17.2 Å². The third-order valence-corrected chi connectivity index (χ3v) is 17.8. The van der Waals surface area contributed by atoms with Crippen LogP contribution in [0.2, 0.25) is 0 Å². The second-order valence-corrected chi connectivity index (χ2v) is 26.0. The molecule has 0 saturated carbocycles. The van der Waals surface area contributed by atoms with E-state index in [0.717, 1.165) is 55.2 Å². The van der Waals surface area contributed by atoms with Gasteiger partial charge in [0.15, 0.2) is 0 Å². The van der Waals surface area contributed by atoms with Crippen LogP contribution in [-0.4, -0.2) is 19.8 Å². The van der Waals surface area contributed by atoms with Gasteiger partial charge in [-0.05, 0) is 76.4 Å². The molecule has 0 N–H and O–H groups in total. The maximum Gasteiger partial charge on any atom is 0.647 e. The monoisotopic (exact) mass is 1140 g/mol. The number of aryl methyl sites for hydroxylation is 3. The predicted molar refractivity (Wildman–Crippen MR) is 339 cm³/mol. The van der Waals surface area contributed by atoms with Crippen LogP contribution in [0.15, 0.2) is 72.8 Å². The Morgan fingerprint density at radius 1 is 0.241 bits per heavy atom. The highest BCUT2D eigenvalue weighted by atomic mass is 31.2. The van der Waals surface area contributed by atoms with Gasteiger partial charge in [0.2, 0.25) is 0 Å². The van der Waals surface area contributed by atoms with Crippen LogP contribution in [0.3, 0.4) is 0 Å². The van der Waals surface area contributed by atoms with Gasteiger partial charge >= 0.3 is 15.6 Å². The Kier molecular flexibility index (Phi) is 46.9. The van der Waals surface area contributed by atoms with E-state index in [9.17, 15) is 9.13 Å². The number of hydrogen-bond acceptors (Lipinski definition) is 8. The molecule has 0 radical (unpaired) electrons. The molecule has 0 atom stereocenters. The van der Waals surface area contributed by atoms with Crippen LogP contribution in [0, 0.1) is 20.8 Å². The Morgan fingerprint density at radius 3 is 0.582 bits per heavy atom. The van der Waals surface area contributed by atoms with Crippen molar-refractivity contribution < 1.29 is 36.3 Å². The van der Waals surface area contributed by atoms with Crippen LogP contribution in [-0.2, 0) is 22.7 Å². The molecule has 3 rings (SSSR count). The first-order chi connectivity index (χ1) is 38.6. The summed E-state index contributed by atoms with van der Waals surface area (Å²) in [4.78, 5) is 0. The highest BCUT2D eigenvalue weighted by molar-refractivity contribution is 7.49. The lowest BCUT2D eigenvalue weighted by molar-refractivity contribution is 0.108. The van der Waals surface area contributed by atoms with Crippen LogP contribution in [0.1, 0.15) is 307 Å². The third-order valence-electron chi connectivity index (χ3n) is 15.0. The molecule has 0 unspecified atom stereocenters. The molecule has 454 valence electrons. The van der Waals surface area contributed by atoms with Gasteiger partial charge < -0.3 is 13.6 Å². The minimum absolute atomic E-state index is 0.415. The highest BCUT2D eigenvalue weighted by Crippen LogP contribution is 2.51. The van der Waals surface area contributed by atoms with Crippen molar-refractivity contribution in [1.29, 1.82) is 0 Å². The van der Waals surface area contributed by atoms with Gasteiger partial charge in [0.05, 0.1) is 19.8 Å². The topological polar surface area (TPSA) is 89.5 Å². The molecule has 0 aliphatic carbocycles. The first kappa shape index (κ1) is 72.5. The zero-order chi connectivity index (χ0) is 57.0.